The van der Waals surface area contributed by atoms with E-state index in [1.54, 1.807) is 18.6 Å². The lowest BCUT2D eigenvalue weighted by Gasteiger charge is -2.14. The second-order valence-electron chi connectivity index (χ2n) is 4.63. The molecule has 1 unspecified atom stereocenters. The van der Waals surface area contributed by atoms with Crippen LogP contribution in [0.2, 0.25) is 0 Å². The van der Waals surface area contributed by atoms with Gasteiger partial charge in [0.1, 0.15) is 0 Å². The molecule has 3 aromatic rings. The van der Waals surface area contributed by atoms with E-state index in [2.05, 4.69) is 55.4 Å². The Balaban J connectivity index is 1.73. The highest BCUT2D eigenvalue weighted by atomic mass is 79.9. The van der Waals surface area contributed by atoms with Gasteiger partial charge in [0.2, 0.25) is 5.95 Å². The van der Waals surface area contributed by atoms with Crippen molar-refractivity contribution in [3.63, 3.8) is 0 Å². The summed E-state index contributed by atoms with van der Waals surface area (Å²) >= 11 is 3.32. The highest BCUT2D eigenvalue weighted by molar-refractivity contribution is 9.10. The Morgan fingerprint density at radius 2 is 1.86 bits per heavy atom. The molecule has 0 saturated carbocycles. The molecule has 2 heterocycles. The minimum atomic E-state index is 0.123. The summed E-state index contributed by atoms with van der Waals surface area (Å²) in [5, 5.41) is 7.49. The number of hydrogen-bond donors (Lipinski definition) is 1. The van der Waals surface area contributed by atoms with Gasteiger partial charge >= 0.3 is 0 Å². The summed E-state index contributed by atoms with van der Waals surface area (Å²) < 4.78 is 2.70. The molecule has 0 bridgehead atoms. The number of aromatic nitrogens is 4. The molecule has 5 nitrogen and oxygen atoms in total. The van der Waals surface area contributed by atoms with Crippen LogP contribution in [0.1, 0.15) is 18.5 Å². The van der Waals surface area contributed by atoms with Gasteiger partial charge in [-0.3, -0.25) is 0 Å². The Kier molecular flexibility index (Phi) is 3.96. The quantitative estimate of drug-likeness (QED) is 0.786. The lowest BCUT2D eigenvalue weighted by molar-refractivity contribution is 0.850. The van der Waals surface area contributed by atoms with Gasteiger partial charge in [0.15, 0.2) is 0 Å². The second kappa shape index (κ2) is 6.05. The number of anilines is 1. The van der Waals surface area contributed by atoms with Gasteiger partial charge in [0.05, 0.1) is 16.2 Å². The fourth-order valence-corrected chi connectivity index (χ4v) is 2.21. The predicted octanol–water partition coefficient (Wildman–Crippen LogP) is 3.60. The van der Waals surface area contributed by atoms with Crippen LogP contribution in [0.5, 0.6) is 0 Å². The maximum atomic E-state index is 4.22. The summed E-state index contributed by atoms with van der Waals surface area (Å²) in [4.78, 5) is 8.44. The predicted molar refractivity (Wildman–Crippen MR) is 85.3 cm³/mol. The van der Waals surface area contributed by atoms with Crippen LogP contribution in [0.4, 0.5) is 5.95 Å². The van der Waals surface area contributed by atoms with E-state index in [0.29, 0.717) is 5.95 Å². The Labute approximate surface area is 131 Å². The molecule has 0 radical (unpaired) electrons. The Morgan fingerprint density at radius 3 is 2.48 bits per heavy atom. The van der Waals surface area contributed by atoms with Crippen molar-refractivity contribution in [3.05, 3.63) is 65.2 Å². The van der Waals surface area contributed by atoms with Crippen LogP contribution >= 0.6 is 15.9 Å². The first-order chi connectivity index (χ1) is 10.2. The van der Waals surface area contributed by atoms with Crippen LogP contribution in [-0.4, -0.2) is 19.7 Å². The fraction of sp³-hybridized carbons (Fsp3) is 0.133. The van der Waals surface area contributed by atoms with Crippen molar-refractivity contribution in [1.29, 1.82) is 0 Å². The lowest BCUT2D eigenvalue weighted by Crippen LogP contribution is -2.09. The number of benzene rings is 1. The average molecular weight is 344 g/mol. The maximum Gasteiger partial charge on any atom is 0.223 e. The Bertz CT molecular complexity index is 692. The molecule has 0 aliphatic heterocycles. The number of hydrogen-bond acceptors (Lipinski definition) is 4. The molecule has 0 amide bonds. The highest BCUT2D eigenvalue weighted by Crippen LogP contribution is 2.19. The first kappa shape index (κ1) is 13.8. The lowest BCUT2D eigenvalue weighted by atomic mass is 10.1. The largest absolute Gasteiger partial charge is 0.348 e. The molecule has 1 N–H and O–H groups in total. The van der Waals surface area contributed by atoms with Gasteiger partial charge < -0.3 is 5.32 Å². The minimum Gasteiger partial charge on any atom is -0.348 e. The van der Waals surface area contributed by atoms with E-state index >= 15 is 0 Å². The molecule has 3 rings (SSSR count). The Morgan fingerprint density at radius 1 is 1.14 bits per heavy atom. The highest BCUT2D eigenvalue weighted by Gasteiger charge is 2.07. The molecule has 0 spiro atoms. The van der Waals surface area contributed by atoms with Gasteiger partial charge in [0.25, 0.3) is 0 Å². The third-order valence-corrected chi connectivity index (χ3v) is 3.54. The summed E-state index contributed by atoms with van der Waals surface area (Å²) in [6, 6.07) is 10.3. The third kappa shape index (κ3) is 3.28. The average Bonchev–Trinajstić information content (AvgIpc) is 3.04. The summed E-state index contributed by atoms with van der Waals surface area (Å²) in [5.74, 6) is 0.613. The number of halogens is 1. The molecule has 0 saturated heterocycles. The van der Waals surface area contributed by atoms with E-state index in [9.17, 15) is 0 Å². The smallest absolute Gasteiger partial charge is 0.223 e. The molecular formula is C15H14BrN5. The van der Waals surface area contributed by atoms with Crippen molar-refractivity contribution in [2.45, 2.75) is 13.0 Å². The number of nitrogens with zero attached hydrogens (tertiary/aromatic N) is 4. The van der Waals surface area contributed by atoms with Gasteiger partial charge in [-0.1, -0.05) is 12.1 Å². The van der Waals surface area contributed by atoms with E-state index in [1.165, 1.54) is 0 Å². The van der Waals surface area contributed by atoms with Gasteiger partial charge in [-0.25, -0.2) is 14.6 Å². The fourth-order valence-electron chi connectivity index (χ4n) is 2.00. The van der Waals surface area contributed by atoms with E-state index in [1.807, 2.05) is 29.1 Å². The number of nitrogens with one attached hydrogen (secondary N) is 1. The Hall–Kier alpha value is -2.21. The molecule has 21 heavy (non-hydrogen) atoms. The maximum absolute atomic E-state index is 4.22. The van der Waals surface area contributed by atoms with Crippen molar-refractivity contribution in [2.75, 3.05) is 5.32 Å². The molecule has 6 heteroatoms. The summed E-state index contributed by atoms with van der Waals surface area (Å²) in [7, 11) is 0. The van der Waals surface area contributed by atoms with Crippen LogP contribution in [-0.2, 0) is 0 Å². The molecule has 106 valence electrons. The van der Waals surface area contributed by atoms with Crippen LogP contribution in [0, 0.1) is 0 Å². The van der Waals surface area contributed by atoms with Crippen molar-refractivity contribution in [3.8, 4) is 5.69 Å². The zero-order chi connectivity index (χ0) is 14.7. The van der Waals surface area contributed by atoms with Crippen molar-refractivity contribution < 1.29 is 0 Å². The monoisotopic (exact) mass is 343 g/mol. The zero-order valence-corrected chi connectivity index (χ0v) is 13.0. The van der Waals surface area contributed by atoms with Crippen molar-refractivity contribution in [1.82, 2.24) is 19.7 Å². The molecule has 1 atom stereocenters. The van der Waals surface area contributed by atoms with E-state index < -0.39 is 0 Å². The zero-order valence-electron chi connectivity index (χ0n) is 11.4. The van der Waals surface area contributed by atoms with Gasteiger partial charge in [-0.05, 0) is 46.6 Å². The molecule has 1 aromatic carbocycles. The van der Waals surface area contributed by atoms with Crippen LogP contribution < -0.4 is 5.32 Å². The summed E-state index contributed by atoms with van der Waals surface area (Å²) in [6.07, 6.45) is 7.14. The van der Waals surface area contributed by atoms with Gasteiger partial charge in [-0.15, -0.1) is 0 Å². The molecule has 0 aliphatic rings. The normalized spacial score (nSPS) is 12.1. The summed E-state index contributed by atoms with van der Waals surface area (Å²) in [6.45, 7) is 2.08. The van der Waals surface area contributed by atoms with Crippen molar-refractivity contribution >= 4 is 21.9 Å². The van der Waals surface area contributed by atoms with Gasteiger partial charge in [0, 0.05) is 24.8 Å². The second-order valence-corrected chi connectivity index (χ2v) is 5.55. The molecule has 0 aliphatic carbocycles. The minimum absolute atomic E-state index is 0.123. The van der Waals surface area contributed by atoms with E-state index in [4.69, 9.17) is 0 Å². The third-order valence-electron chi connectivity index (χ3n) is 3.13. The van der Waals surface area contributed by atoms with Crippen molar-refractivity contribution in [2.24, 2.45) is 0 Å². The summed E-state index contributed by atoms with van der Waals surface area (Å²) in [5.41, 5.74) is 2.20. The van der Waals surface area contributed by atoms with Gasteiger partial charge in [-0.2, -0.15) is 5.10 Å². The van der Waals surface area contributed by atoms with E-state index in [-0.39, 0.29) is 6.04 Å². The molecule has 2 aromatic heterocycles. The topological polar surface area (TPSA) is 55.6 Å². The first-order valence-electron chi connectivity index (χ1n) is 6.56. The first-order valence-corrected chi connectivity index (χ1v) is 7.36. The molecular weight excluding hydrogens is 330 g/mol. The van der Waals surface area contributed by atoms with Crippen LogP contribution in [0.3, 0.4) is 0 Å². The van der Waals surface area contributed by atoms with Crippen LogP contribution in [0.25, 0.3) is 5.69 Å². The SMILES string of the molecule is CC(Nc1ncc(Br)cn1)c1ccc(-n2cccn2)cc1. The standard InChI is InChI=1S/C15H14BrN5/c1-11(20-15-17-9-13(16)10-18-15)12-3-5-14(6-4-12)21-8-2-7-19-21/h2-11H,1H3,(H,17,18,20). The van der Waals surface area contributed by atoms with E-state index in [0.717, 1.165) is 15.7 Å². The number of rotatable bonds is 4. The molecule has 0 fully saturated rings. The van der Waals surface area contributed by atoms with Crippen LogP contribution in [0.15, 0.2) is 59.6 Å².